The van der Waals surface area contributed by atoms with Crippen LogP contribution in [-0.4, -0.2) is 30.8 Å². The number of fused-ring (bicyclic) bond motifs is 1. The number of benzene rings is 1. The molecule has 3 aromatic rings. The van der Waals surface area contributed by atoms with E-state index < -0.39 is 9.89 Å². The summed E-state index contributed by atoms with van der Waals surface area (Å²) < 4.78 is 7.01. The first-order chi connectivity index (χ1) is 12.9. The smallest absolute Gasteiger partial charge is 0.412 e. The van der Waals surface area contributed by atoms with Crippen LogP contribution in [0.5, 0.6) is 0 Å². The second kappa shape index (κ2) is 7.50. The summed E-state index contributed by atoms with van der Waals surface area (Å²) in [5.41, 5.74) is 2.52. The van der Waals surface area contributed by atoms with Gasteiger partial charge in [-0.1, -0.05) is 55.6 Å². The maximum atomic E-state index is 12.2. The number of rotatable bonds is 3. The van der Waals surface area contributed by atoms with Crippen LogP contribution < -0.4 is 5.32 Å². The molecule has 0 radical (unpaired) electrons. The highest BCUT2D eigenvalue weighted by molar-refractivity contribution is 6.67. The molecule has 3 rings (SSSR count). The molecule has 0 saturated heterocycles. The van der Waals surface area contributed by atoms with Gasteiger partial charge in [0.25, 0.3) is 0 Å². The van der Waals surface area contributed by atoms with Crippen molar-refractivity contribution in [1.82, 2.24) is 14.3 Å². The van der Waals surface area contributed by atoms with Gasteiger partial charge in [-0.05, 0) is 24.3 Å². The highest BCUT2D eigenvalue weighted by atomic mass is 35.6. The van der Waals surface area contributed by atoms with Crippen LogP contribution in [0.15, 0.2) is 36.5 Å². The van der Waals surface area contributed by atoms with Crippen LogP contribution in [0.2, 0.25) is 0 Å². The molecule has 1 aromatic carbocycles. The molecule has 0 fully saturated rings. The number of nitrogens with one attached hydrogen (secondary N) is 1. The van der Waals surface area contributed by atoms with Gasteiger partial charge in [-0.25, -0.2) is 9.48 Å². The first-order valence-corrected chi connectivity index (χ1v) is 9.74. The van der Waals surface area contributed by atoms with Gasteiger partial charge in [0.05, 0.1) is 11.4 Å². The molecule has 28 heavy (non-hydrogen) atoms. The van der Waals surface area contributed by atoms with Crippen LogP contribution in [0.4, 0.5) is 10.6 Å². The summed E-state index contributed by atoms with van der Waals surface area (Å²) in [7, 11) is 1.99. The van der Waals surface area contributed by atoms with Crippen molar-refractivity contribution in [2.45, 2.75) is 30.0 Å². The molecule has 0 saturated carbocycles. The van der Waals surface area contributed by atoms with Gasteiger partial charge in [-0.3, -0.25) is 5.32 Å². The molecule has 2 aromatic heterocycles. The predicted molar refractivity (Wildman–Crippen MR) is 114 cm³/mol. The predicted octanol–water partition coefficient (Wildman–Crippen LogP) is 5.58. The van der Waals surface area contributed by atoms with Crippen molar-refractivity contribution in [3.8, 4) is 5.69 Å². The van der Waals surface area contributed by atoms with Crippen LogP contribution in [-0.2, 0) is 17.2 Å². The number of hydrogen-bond donors (Lipinski definition) is 1. The molecule has 1 amide bonds. The van der Waals surface area contributed by atoms with Crippen molar-refractivity contribution in [3.63, 3.8) is 0 Å². The van der Waals surface area contributed by atoms with Gasteiger partial charge in [0.1, 0.15) is 12.4 Å². The number of amides is 1. The van der Waals surface area contributed by atoms with Gasteiger partial charge < -0.3 is 9.30 Å². The zero-order chi connectivity index (χ0) is 20.7. The minimum absolute atomic E-state index is 0.208. The molecule has 0 bridgehead atoms. The van der Waals surface area contributed by atoms with E-state index in [9.17, 15) is 4.79 Å². The van der Waals surface area contributed by atoms with E-state index in [1.807, 2.05) is 68.9 Å². The highest BCUT2D eigenvalue weighted by Crippen LogP contribution is 2.29. The zero-order valence-electron chi connectivity index (χ0n) is 16.0. The van der Waals surface area contributed by atoms with E-state index in [-0.39, 0.29) is 12.0 Å². The molecule has 0 aliphatic carbocycles. The normalized spacial score (nSPS) is 12.4. The molecule has 9 heteroatoms. The fraction of sp³-hybridized carbons (Fsp3) is 0.368. The Morgan fingerprint density at radius 3 is 2.54 bits per heavy atom. The Morgan fingerprint density at radius 1 is 1.18 bits per heavy atom. The maximum absolute atomic E-state index is 12.2. The van der Waals surface area contributed by atoms with Gasteiger partial charge in [-0.15, -0.1) is 0 Å². The Balaban J connectivity index is 1.96. The second-order valence-electron chi connectivity index (χ2n) is 7.56. The van der Waals surface area contributed by atoms with Gasteiger partial charge in [0.2, 0.25) is 3.79 Å². The number of ether oxygens (including phenoxy) is 1. The molecule has 150 valence electrons. The molecular weight excluding hydrogens is 423 g/mol. The fourth-order valence-corrected chi connectivity index (χ4v) is 2.89. The summed E-state index contributed by atoms with van der Waals surface area (Å²) in [6.45, 7) is 5.78. The van der Waals surface area contributed by atoms with Crippen LogP contribution >= 0.6 is 34.8 Å². The van der Waals surface area contributed by atoms with Gasteiger partial charge in [-0.2, -0.15) is 5.10 Å². The molecule has 0 atom stereocenters. The van der Waals surface area contributed by atoms with Crippen LogP contribution in [0.1, 0.15) is 26.5 Å². The molecule has 0 unspecified atom stereocenters. The van der Waals surface area contributed by atoms with E-state index in [2.05, 4.69) is 10.4 Å². The molecular formula is C19H21Cl3N4O2. The average Bonchev–Trinajstić information content (AvgIpc) is 3.16. The number of aryl methyl sites for hydroxylation is 1. The Bertz CT molecular complexity index is 1010. The fourth-order valence-electron chi connectivity index (χ4n) is 2.72. The summed E-state index contributed by atoms with van der Waals surface area (Å²) >= 11 is 16.9. The highest BCUT2D eigenvalue weighted by Gasteiger charge is 2.24. The molecule has 0 aliphatic heterocycles. The Hall–Kier alpha value is -1.89. The monoisotopic (exact) mass is 442 g/mol. The Labute approximate surface area is 178 Å². The third-order valence-corrected chi connectivity index (χ3v) is 4.52. The number of anilines is 1. The van der Waals surface area contributed by atoms with Crippen molar-refractivity contribution in [2.75, 3.05) is 11.9 Å². The number of hydrogen-bond acceptors (Lipinski definition) is 3. The third-order valence-electron chi connectivity index (χ3n) is 4.19. The molecule has 6 nitrogen and oxygen atoms in total. The lowest BCUT2D eigenvalue weighted by Crippen LogP contribution is -2.22. The lowest BCUT2D eigenvalue weighted by Gasteiger charge is -2.14. The standard InChI is InChI=1S/C19H21Cl3N4O2/c1-18(2,3)15-10-16(23-17(27)28-11-19(20,21)22)26(24-15)13-5-6-14-12(9-13)7-8-25(14)4/h5-10H,11H2,1-4H3,(H,23,27). The van der Waals surface area contributed by atoms with Crippen molar-refractivity contribution >= 4 is 57.6 Å². The van der Waals surface area contributed by atoms with E-state index in [0.717, 1.165) is 22.3 Å². The Morgan fingerprint density at radius 2 is 1.89 bits per heavy atom. The minimum Gasteiger partial charge on any atom is -0.445 e. The lowest BCUT2D eigenvalue weighted by atomic mass is 9.92. The minimum atomic E-state index is -1.67. The molecule has 0 spiro atoms. The first-order valence-electron chi connectivity index (χ1n) is 8.60. The van der Waals surface area contributed by atoms with E-state index in [1.54, 1.807) is 4.68 Å². The number of halogens is 3. The average molecular weight is 444 g/mol. The zero-order valence-corrected chi connectivity index (χ0v) is 18.2. The SMILES string of the molecule is Cn1ccc2cc(-n3nc(C(C)(C)C)cc3NC(=O)OCC(Cl)(Cl)Cl)ccc21. The maximum Gasteiger partial charge on any atom is 0.412 e. The quantitative estimate of drug-likeness (QED) is 0.537. The van der Waals surface area contributed by atoms with Crippen molar-refractivity contribution in [1.29, 1.82) is 0 Å². The largest absolute Gasteiger partial charge is 0.445 e. The van der Waals surface area contributed by atoms with Gasteiger partial charge in [0, 0.05) is 35.6 Å². The Kier molecular flexibility index (Phi) is 5.58. The number of aromatic nitrogens is 3. The molecule has 1 N–H and O–H groups in total. The van der Waals surface area contributed by atoms with E-state index in [0.29, 0.717) is 5.82 Å². The summed E-state index contributed by atoms with van der Waals surface area (Å²) in [6, 6.07) is 9.79. The van der Waals surface area contributed by atoms with Gasteiger partial charge >= 0.3 is 6.09 Å². The van der Waals surface area contributed by atoms with Crippen LogP contribution in [0, 0.1) is 0 Å². The second-order valence-corrected chi connectivity index (χ2v) is 10.1. The molecule has 2 heterocycles. The topological polar surface area (TPSA) is 61.1 Å². The summed E-state index contributed by atoms with van der Waals surface area (Å²) in [5, 5.41) is 8.44. The van der Waals surface area contributed by atoms with E-state index in [1.165, 1.54) is 0 Å². The summed E-state index contributed by atoms with van der Waals surface area (Å²) in [5.74, 6) is 0.467. The molecule has 0 aliphatic rings. The number of alkyl halides is 3. The number of carbonyl (C=O) groups is 1. The first kappa shape index (κ1) is 20.8. The third kappa shape index (κ3) is 4.74. The van der Waals surface area contributed by atoms with Crippen LogP contribution in [0.3, 0.4) is 0 Å². The summed E-state index contributed by atoms with van der Waals surface area (Å²) in [4.78, 5) is 12.2. The summed E-state index contributed by atoms with van der Waals surface area (Å²) in [6.07, 6.45) is 1.26. The number of nitrogens with zero attached hydrogens (tertiary/aromatic N) is 3. The van der Waals surface area contributed by atoms with Crippen molar-refractivity contribution in [2.24, 2.45) is 7.05 Å². The number of carbonyl (C=O) groups excluding carboxylic acids is 1. The van der Waals surface area contributed by atoms with Crippen LogP contribution in [0.25, 0.3) is 16.6 Å². The van der Waals surface area contributed by atoms with Crippen molar-refractivity contribution in [3.05, 3.63) is 42.2 Å². The van der Waals surface area contributed by atoms with Gasteiger partial charge in [0.15, 0.2) is 0 Å². The lowest BCUT2D eigenvalue weighted by molar-refractivity contribution is 0.163. The van der Waals surface area contributed by atoms with E-state index >= 15 is 0 Å². The van der Waals surface area contributed by atoms with E-state index in [4.69, 9.17) is 39.5 Å². The van der Waals surface area contributed by atoms with Crippen molar-refractivity contribution < 1.29 is 9.53 Å².